The predicted molar refractivity (Wildman–Crippen MR) is 80.6 cm³/mol. The van der Waals surface area contributed by atoms with E-state index in [0.29, 0.717) is 17.4 Å². The summed E-state index contributed by atoms with van der Waals surface area (Å²) in [5.74, 6) is 0.457. The van der Waals surface area contributed by atoms with Crippen molar-refractivity contribution in [3.8, 4) is 0 Å². The summed E-state index contributed by atoms with van der Waals surface area (Å²) in [6.07, 6.45) is 2.37. The summed E-state index contributed by atoms with van der Waals surface area (Å²) in [6.45, 7) is 9.03. The van der Waals surface area contributed by atoms with Gasteiger partial charge in [-0.3, -0.25) is 0 Å². The molecule has 108 valence electrons. The molecular formula is C15H26N2OS. The molecule has 0 spiro atoms. The Morgan fingerprint density at radius 2 is 2.11 bits per heavy atom. The predicted octanol–water partition coefficient (Wildman–Crippen LogP) is 3.72. The molecule has 4 heteroatoms. The van der Waals surface area contributed by atoms with Crippen molar-refractivity contribution in [1.29, 1.82) is 0 Å². The van der Waals surface area contributed by atoms with Crippen LogP contribution in [0.4, 0.5) is 0 Å². The van der Waals surface area contributed by atoms with Gasteiger partial charge in [0.15, 0.2) is 0 Å². The monoisotopic (exact) mass is 282 g/mol. The number of thiazole rings is 1. The van der Waals surface area contributed by atoms with Crippen LogP contribution in [0.15, 0.2) is 0 Å². The molecular weight excluding hydrogens is 256 g/mol. The van der Waals surface area contributed by atoms with E-state index >= 15 is 0 Å². The third-order valence-corrected chi connectivity index (χ3v) is 5.19. The Balaban J connectivity index is 2.36. The molecule has 0 fully saturated rings. The van der Waals surface area contributed by atoms with Crippen molar-refractivity contribution in [2.45, 2.75) is 52.7 Å². The van der Waals surface area contributed by atoms with Gasteiger partial charge in [0.2, 0.25) is 0 Å². The van der Waals surface area contributed by atoms with Crippen molar-refractivity contribution in [3.05, 3.63) is 15.6 Å². The van der Waals surface area contributed by atoms with Gasteiger partial charge in [-0.1, -0.05) is 27.7 Å². The minimum atomic E-state index is 0.121. The number of rotatable bonds is 4. The number of fused-ring (bicyclic) bond motifs is 1. The topological polar surface area (TPSA) is 34.2 Å². The van der Waals surface area contributed by atoms with Gasteiger partial charge in [0.1, 0.15) is 11.1 Å². The Labute approximate surface area is 120 Å². The zero-order valence-electron chi connectivity index (χ0n) is 12.9. The number of hydrogen-bond donors (Lipinski definition) is 1. The van der Waals surface area contributed by atoms with Gasteiger partial charge < -0.3 is 10.1 Å². The van der Waals surface area contributed by atoms with Gasteiger partial charge in [-0.15, -0.1) is 11.3 Å². The van der Waals surface area contributed by atoms with E-state index in [1.807, 2.05) is 18.4 Å². The van der Waals surface area contributed by atoms with Crippen molar-refractivity contribution < 1.29 is 4.74 Å². The maximum Gasteiger partial charge on any atom is 0.122 e. The molecule has 1 aliphatic rings. The first-order chi connectivity index (χ1) is 8.88. The highest BCUT2D eigenvalue weighted by Gasteiger charge is 2.35. The van der Waals surface area contributed by atoms with E-state index in [-0.39, 0.29) is 6.10 Å². The van der Waals surface area contributed by atoms with Crippen LogP contribution >= 0.6 is 11.3 Å². The van der Waals surface area contributed by atoms with Crippen LogP contribution in [0, 0.1) is 11.3 Å². The molecule has 0 radical (unpaired) electrons. The lowest BCUT2D eigenvalue weighted by Gasteiger charge is -2.34. The van der Waals surface area contributed by atoms with Gasteiger partial charge in [-0.05, 0) is 31.2 Å². The molecule has 2 unspecified atom stereocenters. The summed E-state index contributed by atoms with van der Waals surface area (Å²) in [5.41, 5.74) is 1.60. The molecule has 1 heterocycles. The number of ether oxygens (including phenoxy) is 1. The van der Waals surface area contributed by atoms with E-state index in [1.54, 1.807) is 7.11 Å². The number of nitrogens with one attached hydrogen (secondary N) is 1. The third-order valence-electron chi connectivity index (χ3n) is 3.91. The number of methoxy groups -OCH3 is 1. The van der Waals surface area contributed by atoms with Crippen LogP contribution in [0.5, 0.6) is 0 Å². The SMILES string of the molecule is CNC1CC(C)(C)Cc2nc(C(OC)C(C)C)sc21. The summed E-state index contributed by atoms with van der Waals surface area (Å²) in [6, 6.07) is 0.440. The smallest absolute Gasteiger partial charge is 0.122 e. The average molecular weight is 282 g/mol. The maximum atomic E-state index is 5.62. The number of nitrogens with zero attached hydrogens (tertiary/aromatic N) is 1. The van der Waals surface area contributed by atoms with Gasteiger partial charge in [0.25, 0.3) is 0 Å². The standard InChI is InChI=1S/C15H26N2OS/c1-9(2)12(18-6)14-17-11-8-15(3,4)7-10(16-5)13(11)19-14/h9-10,12,16H,7-8H2,1-6H3. The molecule has 2 atom stereocenters. The zero-order valence-corrected chi connectivity index (χ0v) is 13.7. The lowest BCUT2D eigenvalue weighted by Crippen LogP contribution is -2.30. The van der Waals surface area contributed by atoms with E-state index < -0.39 is 0 Å². The Morgan fingerprint density at radius 1 is 1.42 bits per heavy atom. The van der Waals surface area contributed by atoms with Gasteiger partial charge in [-0.25, -0.2) is 4.98 Å². The maximum absolute atomic E-state index is 5.62. The number of aromatic nitrogens is 1. The van der Waals surface area contributed by atoms with Crippen LogP contribution in [-0.4, -0.2) is 19.1 Å². The van der Waals surface area contributed by atoms with E-state index in [0.717, 1.165) is 11.4 Å². The first-order valence-corrected chi connectivity index (χ1v) is 7.89. The van der Waals surface area contributed by atoms with Crippen LogP contribution in [0.3, 0.4) is 0 Å². The normalized spacial score (nSPS) is 23.4. The van der Waals surface area contributed by atoms with Crippen molar-refractivity contribution in [2.75, 3.05) is 14.2 Å². The van der Waals surface area contributed by atoms with E-state index in [9.17, 15) is 0 Å². The molecule has 0 amide bonds. The molecule has 0 aliphatic heterocycles. The largest absolute Gasteiger partial charge is 0.374 e. The highest BCUT2D eigenvalue weighted by Crippen LogP contribution is 2.44. The Kier molecular flexibility index (Phi) is 4.33. The van der Waals surface area contributed by atoms with E-state index in [4.69, 9.17) is 9.72 Å². The Bertz CT molecular complexity index is 439. The highest BCUT2D eigenvalue weighted by atomic mass is 32.1. The average Bonchev–Trinajstić information content (AvgIpc) is 2.70. The molecule has 19 heavy (non-hydrogen) atoms. The van der Waals surface area contributed by atoms with Gasteiger partial charge in [0.05, 0.1) is 5.69 Å². The van der Waals surface area contributed by atoms with Crippen molar-refractivity contribution >= 4 is 11.3 Å². The highest BCUT2D eigenvalue weighted by molar-refractivity contribution is 7.11. The molecule has 0 aromatic carbocycles. The zero-order chi connectivity index (χ0) is 14.2. The lowest BCUT2D eigenvalue weighted by molar-refractivity contribution is 0.0642. The van der Waals surface area contributed by atoms with Crippen molar-refractivity contribution in [1.82, 2.24) is 10.3 Å². The summed E-state index contributed by atoms with van der Waals surface area (Å²) < 4.78 is 5.62. The second kappa shape index (κ2) is 5.51. The first kappa shape index (κ1) is 14.9. The second-order valence-corrected chi connectivity index (χ2v) is 7.71. The summed E-state index contributed by atoms with van der Waals surface area (Å²) >= 11 is 1.83. The van der Waals surface area contributed by atoms with Gasteiger partial charge >= 0.3 is 0 Å². The minimum absolute atomic E-state index is 0.121. The van der Waals surface area contributed by atoms with Gasteiger partial charge in [0, 0.05) is 18.0 Å². The molecule has 0 saturated heterocycles. The molecule has 2 rings (SSSR count). The van der Waals surface area contributed by atoms with E-state index in [1.165, 1.54) is 17.0 Å². The van der Waals surface area contributed by atoms with E-state index in [2.05, 4.69) is 33.0 Å². The summed E-state index contributed by atoms with van der Waals surface area (Å²) in [5, 5.41) is 4.58. The second-order valence-electron chi connectivity index (χ2n) is 6.65. The third kappa shape index (κ3) is 3.01. The molecule has 1 N–H and O–H groups in total. The summed E-state index contributed by atoms with van der Waals surface area (Å²) in [4.78, 5) is 6.31. The molecule has 0 saturated carbocycles. The minimum Gasteiger partial charge on any atom is -0.374 e. The lowest BCUT2D eigenvalue weighted by atomic mass is 9.76. The molecule has 1 aromatic heterocycles. The fourth-order valence-electron chi connectivity index (χ4n) is 2.97. The Morgan fingerprint density at radius 3 is 2.63 bits per heavy atom. The fourth-order valence-corrected chi connectivity index (χ4v) is 4.41. The van der Waals surface area contributed by atoms with Crippen LogP contribution < -0.4 is 5.32 Å². The molecule has 3 nitrogen and oxygen atoms in total. The molecule has 1 aliphatic carbocycles. The van der Waals surface area contributed by atoms with Crippen LogP contribution in [-0.2, 0) is 11.2 Å². The van der Waals surface area contributed by atoms with Gasteiger partial charge in [-0.2, -0.15) is 0 Å². The van der Waals surface area contributed by atoms with Crippen molar-refractivity contribution in [3.63, 3.8) is 0 Å². The van der Waals surface area contributed by atoms with Crippen LogP contribution in [0.2, 0.25) is 0 Å². The molecule has 0 bridgehead atoms. The Hall–Kier alpha value is -0.450. The fraction of sp³-hybridized carbons (Fsp3) is 0.800. The van der Waals surface area contributed by atoms with Crippen LogP contribution in [0.25, 0.3) is 0 Å². The first-order valence-electron chi connectivity index (χ1n) is 7.07. The molecule has 1 aromatic rings. The van der Waals surface area contributed by atoms with Crippen molar-refractivity contribution in [2.24, 2.45) is 11.3 Å². The quantitative estimate of drug-likeness (QED) is 0.914. The number of hydrogen-bond acceptors (Lipinski definition) is 4. The summed E-state index contributed by atoms with van der Waals surface area (Å²) in [7, 11) is 3.83. The van der Waals surface area contributed by atoms with Crippen LogP contribution in [0.1, 0.15) is 61.8 Å².